The highest BCUT2D eigenvalue weighted by atomic mass is 16.5. The Morgan fingerprint density at radius 2 is 1.74 bits per heavy atom. The third-order valence-corrected chi connectivity index (χ3v) is 7.69. The molecule has 7 nitrogen and oxygen atoms in total. The quantitative estimate of drug-likeness (QED) is 0.398. The molecule has 0 radical (unpaired) electrons. The number of H-pyrrole nitrogens is 1. The van der Waals surface area contributed by atoms with Gasteiger partial charge in [0.15, 0.2) is 0 Å². The lowest BCUT2D eigenvalue weighted by molar-refractivity contribution is -0.158. The second-order valence-corrected chi connectivity index (χ2v) is 9.81. The molecule has 1 N–H and O–H groups in total. The Morgan fingerprint density at radius 1 is 0.974 bits per heavy atom. The van der Waals surface area contributed by atoms with Gasteiger partial charge in [-0.05, 0) is 48.7 Å². The van der Waals surface area contributed by atoms with Crippen LogP contribution in [-0.2, 0) is 22.4 Å². The zero-order chi connectivity index (χ0) is 26.2. The second-order valence-electron chi connectivity index (χ2n) is 9.81. The highest BCUT2D eigenvalue weighted by Crippen LogP contribution is 2.44. The lowest BCUT2D eigenvalue weighted by atomic mass is 9.86. The van der Waals surface area contributed by atoms with Gasteiger partial charge in [-0.1, -0.05) is 48.5 Å². The van der Waals surface area contributed by atoms with Gasteiger partial charge in [-0.2, -0.15) is 0 Å². The zero-order valence-corrected chi connectivity index (χ0v) is 21.6. The molecule has 7 heteroatoms. The van der Waals surface area contributed by atoms with Gasteiger partial charge in [0.25, 0.3) is 0 Å². The molecule has 1 fully saturated rings. The van der Waals surface area contributed by atoms with Crippen LogP contribution in [0, 0.1) is 0 Å². The van der Waals surface area contributed by atoms with Crippen LogP contribution in [0.1, 0.15) is 35.3 Å². The summed E-state index contributed by atoms with van der Waals surface area (Å²) in [6.07, 6.45) is 1.15. The van der Waals surface area contributed by atoms with Gasteiger partial charge in [-0.15, -0.1) is 0 Å². The van der Waals surface area contributed by atoms with Crippen LogP contribution in [0.15, 0.2) is 72.8 Å². The summed E-state index contributed by atoms with van der Waals surface area (Å²) >= 11 is 0. The molecular weight excluding hydrogens is 478 g/mol. The van der Waals surface area contributed by atoms with Crippen molar-refractivity contribution in [2.24, 2.45) is 0 Å². The summed E-state index contributed by atoms with van der Waals surface area (Å²) in [4.78, 5) is 34.9. The van der Waals surface area contributed by atoms with Crippen molar-refractivity contribution in [3.05, 3.63) is 95.2 Å². The first-order valence-corrected chi connectivity index (χ1v) is 13.1. The van der Waals surface area contributed by atoms with Gasteiger partial charge in [0.05, 0.1) is 20.3 Å². The normalized spacial score (nSPS) is 18.9. The number of para-hydroxylation sites is 2. The van der Waals surface area contributed by atoms with E-state index in [4.69, 9.17) is 9.47 Å². The number of piperazine rings is 1. The van der Waals surface area contributed by atoms with Crippen LogP contribution in [-0.4, -0.2) is 59.4 Å². The third-order valence-electron chi connectivity index (χ3n) is 7.69. The topological polar surface area (TPSA) is 74.9 Å². The highest BCUT2D eigenvalue weighted by molar-refractivity contribution is 5.97. The van der Waals surface area contributed by atoms with E-state index in [1.54, 1.807) is 16.9 Å². The standard InChI is InChI=1S/C31H31N3O4/c1-3-38-27-11-7-5-9-23(27)30-29-24(22-8-4-6-10-25(22)32-29)18-26-31(36)33(19-28(35)34(26)30)17-16-20-12-14-21(37-2)15-13-20/h4-15,26,30,32H,3,16-19H2,1-2H3/t26-,30?/m0/s1. The number of amides is 2. The predicted molar refractivity (Wildman–Crippen MR) is 145 cm³/mol. The van der Waals surface area contributed by atoms with Crippen molar-refractivity contribution in [2.75, 3.05) is 26.8 Å². The summed E-state index contributed by atoms with van der Waals surface area (Å²) in [6.45, 7) is 3.01. The minimum absolute atomic E-state index is 0.00654. The Balaban J connectivity index is 1.38. The van der Waals surface area contributed by atoms with Crippen molar-refractivity contribution in [3.8, 4) is 11.5 Å². The first-order valence-electron chi connectivity index (χ1n) is 13.1. The summed E-state index contributed by atoms with van der Waals surface area (Å²) < 4.78 is 11.2. The largest absolute Gasteiger partial charge is 0.497 e. The third kappa shape index (κ3) is 4.08. The predicted octanol–water partition coefficient (Wildman–Crippen LogP) is 4.50. The first-order chi connectivity index (χ1) is 18.6. The molecular formula is C31H31N3O4. The summed E-state index contributed by atoms with van der Waals surface area (Å²) in [5.74, 6) is 1.47. The lowest BCUT2D eigenvalue weighted by Gasteiger charge is -2.47. The van der Waals surface area contributed by atoms with Gasteiger partial charge in [-0.3, -0.25) is 9.59 Å². The van der Waals surface area contributed by atoms with Crippen molar-refractivity contribution >= 4 is 22.7 Å². The minimum Gasteiger partial charge on any atom is -0.497 e. The fourth-order valence-electron chi connectivity index (χ4n) is 5.89. The number of hydrogen-bond acceptors (Lipinski definition) is 4. The van der Waals surface area contributed by atoms with Gasteiger partial charge in [0.2, 0.25) is 11.8 Å². The Hall–Kier alpha value is -4.26. The number of carbonyl (C=O) groups excluding carboxylic acids is 2. The Labute approximate surface area is 222 Å². The first kappa shape index (κ1) is 24.1. The molecule has 1 saturated heterocycles. The van der Waals surface area contributed by atoms with Crippen molar-refractivity contribution in [1.29, 1.82) is 0 Å². The molecule has 4 aromatic rings. The zero-order valence-electron chi connectivity index (χ0n) is 21.6. The molecule has 1 unspecified atom stereocenters. The van der Waals surface area contributed by atoms with Crippen molar-refractivity contribution < 1.29 is 19.1 Å². The number of aromatic nitrogens is 1. The number of carbonyl (C=O) groups is 2. The maximum atomic E-state index is 14.0. The molecule has 38 heavy (non-hydrogen) atoms. The molecule has 2 atom stereocenters. The van der Waals surface area contributed by atoms with Crippen LogP contribution in [0.5, 0.6) is 11.5 Å². The van der Waals surface area contributed by atoms with Crippen LogP contribution in [0.25, 0.3) is 10.9 Å². The summed E-state index contributed by atoms with van der Waals surface area (Å²) in [6, 6.07) is 22.8. The smallest absolute Gasteiger partial charge is 0.246 e. The Bertz CT molecular complexity index is 1490. The van der Waals surface area contributed by atoms with E-state index in [1.165, 1.54) is 0 Å². The van der Waals surface area contributed by atoms with Crippen LogP contribution >= 0.6 is 0 Å². The molecule has 2 aliphatic rings. The number of ether oxygens (including phenoxy) is 2. The van der Waals surface area contributed by atoms with Crippen LogP contribution in [0.4, 0.5) is 0 Å². The van der Waals surface area contributed by atoms with E-state index in [9.17, 15) is 9.59 Å². The molecule has 0 bridgehead atoms. The van der Waals surface area contributed by atoms with Gasteiger partial charge >= 0.3 is 0 Å². The van der Waals surface area contributed by atoms with Crippen LogP contribution in [0.2, 0.25) is 0 Å². The Kier molecular flexibility index (Phi) is 6.27. The number of rotatable bonds is 7. The summed E-state index contributed by atoms with van der Waals surface area (Å²) in [5.41, 5.74) is 5.05. The fourth-order valence-corrected chi connectivity index (χ4v) is 5.89. The maximum Gasteiger partial charge on any atom is 0.246 e. The molecule has 1 aromatic heterocycles. The van der Waals surface area contributed by atoms with E-state index < -0.39 is 12.1 Å². The fraction of sp³-hybridized carbons (Fsp3) is 0.290. The van der Waals surface area contributed by atoms with E-state index in [0.717, 1.165) is 44.8 Å². The van der Waals surface area contributed by atoms with Crippen molar-refractivity contribution in [1.82, 2.24) is 14.8 Å². The molecule has 0 saturated carbocycles. The van der Waals surface area contributed by atoms with Crippen LogP contribution in [0.3, 0.4) is 0 Å². The molecule has 0 aliphatic carbocycles. The molecule has 2 amide bonds. The van der Waals surface area contributed by atoms with E-state index in [0.29, 0.717) is 26.0 Å². The second kappa shape index (κ2) is 9.89. The molecule has 2 aliphatic heterocycles. The van der Waals surface area contributed by atoms with Gasteiger partial charge < -0.3 is 24.3 Å². The summed E-state index contributed by atoms with van der Waals surface area (Å²) in [5, 5.41) is 1.09. The molecule has 0 spiro atoms. The van der Waals surface area contributed by atoms with Gasteiger partial charge in [-0.25, -0.2) is 0 Å². The molecule has 6 rings (SSSR count). The number of nitrogens with one attached hydrogen (secondary N) is 1. The number of hydrogen-bond donors (Lipinski definition) is 1. The van der Waals surface area contributed by atoms with E-state index in [-0.39, 0.29) is 18.4 Å². The molecule has 3 heterocycles. The highest BCUT2D eigenvalue weighted by Gasteiger charge is 2.48. The number of benzene rings is 3. The Morgan fingerprint density at radius 3 is 2.53 bits per heavy atom. The van der Waals surface area contributed by atoms with E-state index in [1.807, 2.05) is 73.7 Å². The minimum atomic E-state index is -0.571. The van der Waals surface area contributed by atoms with E-state index >= 15 is 0 Å². The molecule has 3 aromatic carbocycles. The number of methoxy groups -OCH3 is 1. The lowest BCUT2D eigenvalue weighted by Crippen LogP contribution is -2.63. The monoisotopic (exact) mass is 509 g/mol. The van der Waals surface area contributed by atoms with E-state index in [2.05, 4.69) is 11.1 Å². The van der Waals surface area contributed by atoms with Gasteiger partial charge in [0.1, 0.15) is 23.6 Å². The number of fused-ring (bicyclic) bond motifs is 4. The average molecular weight is 510 g/mol. The number of nitrogens with zero attached hydrogens (tertiary/aromatic N) is 2. The van der Waals surface area contributed by atoms with Crippen molar-refractivity contribution in [3.63, 3.8) is 0 Å². The SMILES string of the molecule is CCOc1ccccc1C1c2[nH]c3ccccc3c2C[C@H]2C(=O)N(CCc3ccc(OC)cc3)CC(=O)N12. The van der Waals surface area contributed by atoms with Gasteiger partial charge in [0, 0.05) is 35.1 Å². The maximum absolute atomic E-state index is 14.0. The summed E-state index contributed by atoms with van der Waals surface area (Å²) in [7, 11) is 1.64. The van der Waals surface area contributed by atoms with Crippen molar-refractivity contribution in [2.45, 2.75) is 31.8 Å². The molecule has 194 valence electrons. The average Bonchev–Trinajstić information content (AvgIpc) is 3.32. The van der Waals surface area contributed by atoms with Crippen LogP contribution < -0.4 is 9.47 Å². The number of aromatic amines is 1.